The van der Waals surface area contributed by atoms with E-state index in [2.05, 4.69) is 4.98 Å². The molecule has 0 spiro atoms. The average molecular weight is 500 g/mol. The highest BCUT2D eigenvalue weighted by Crippen LogP contribution is 2.21. The van der Waals surface area contributed by atoms with Crippen LogP contribution in [0.15, 0.2) is 48.7 Å². The lowest BCUT2D eigenvalue weighted by molar-refractivity contribution is -0.00615. The number of hydrogen-bond acceptors (Lipinski definition) is 8. The third-order valence-electron chi connectivity index (χ3n) is 5.43. The summed E-state index contributed by atoms with van der Waals surface area (Å²) >= 11 is 0. The molecule has 1 atom stereocenters. The van der Waals surface area contributed by atoms with Crippen molar-refractivity contribution >= 4 is 18.2 Å². The van der Waals surface area contributed by atoms with Crippen molar-refractivity contribution in [2.24, 2.45) is 0 Å². The molecule has 10 heteroatoms. The Hall–Kier alpha value is -3.82. The number of piperazine rings is 1. The minimum atomic E-state index is -0.658. The molecule has 1 aromatic heterocycles. The van der Waals surface area contributed by atoms with E-state index in [0.717, 1.165) is 5.56 Å². The minimum Gasteiger partial charge on any atom is -0.491 e. The van der Waals surface area contributed by atoms with Crippen LogP contribution in [0, 0.1) is 0 Å². The first-order chi connectivity index (χ1) is 17.2. The first-order valence-corrected chi connectivity index (χ1v) is 11.8. The van der Waals surface area contributed by atoms with E-state index in [1.54, 1.807) is 42.7 Å². The van der Waals surface area contributed by atoms with Gasteiger partial charge in [0, 0.05) is 32.3 Å². The maximum atomic E-state index is 12.9. The molecule has 194 valence electrons. The van der Waals surface area contributed by atoms with Gasteiger partial charge in [-0.1, -0.05) is 30.3 Å². The Balaban J connectivity index is 1.66. The molecular formula is C26H33N3O7. The van der Waals surface area contributed by atoms with Gasteiger partial charge in [0.25, 0.3) is 0 Å². The van der Waals surface area contributed by atoms with Crippen LogP contribution in [0.5, 0.6) is 5.75 Å². The lowest BCUT2D eigenvalue weighted by Gasteiger charge is -2.41. The summed E-state index contributed by atoms with van der Waals surface area (Å²) in [5.41, 5.74) is 0.300. The van der Waals surface area contributed by atoms with Crippen LogP contribution in [0.25, 0.3) is 0 Å². The second-order valence-electron chi connectivity index (χ2n) is 9.29. The predicted molar refractivity (Wildman–Crippen MR) is 131 cm³/mol. The van der Waals surface area contributed by atoms with Crippen molar-refractivity contribution < 1.29 is 33.3 Å². The van der Waals surface area contributed by atoms with E-state index in [1.807, 2.05) is 30.3 Å². The molecule has 3 rings (SSSR count). The molecular weight excluding hydrogens is 466 g/mol. The lowest BCUT2D eigenvalue weighted by atomic mass is 10.1. The number of carbonyl (C=O) groups excluding carboxylic acids is 3. The number of methoxy groups -OCH3 is 1. The fraction of sp³-hybridized carbons (Fsp3) is 0.462. The standard InChI is InChI=1S/C26H33N3O7/c1-26(2,3)36-25(32)29-15-14-28(24(31)35-18-19-9-6-5-7-10-19)17-20(29)12-16-34-21-11-8-13-27-22(21)23(30)33-4/h5-11,13,20H,12,14-18H2,1-4H3/t20-/m1/s1. The van der Waals surface area contributed by atoms with E-state index in [1.165, 1.54) is 13.3 Å². The average Bonchev–Trinajstić information content (AvgIpc) is 2.86. The molecule has 1 aliphatic heterocycles. The van der Waals surface area contributed by atoms with Gasteiger partial charge in [0.15, 0.2) is 11.4 Å². The number of benzene rings is 1. The van der Waals surface area contributed by atoms with Gasteiger partial charge in [-0.15, -0.1) is 0 Å². The second-order valence-corrected chi connectivity index (χ2v) is 9.29. The van der Waals surface area contributed by atoms with Crippen molar-refractivity contribution in [3.05, 3.63) is 59.9 Å². The van der Waals surface area contributed by atoms with Crippen molar-refractivity contribution in [2.75, 3.05) is 33.4 Å². The highest BCUT2D eigenvalue weighted by Gasteiger charge is 2.35. The van der Waals surface area contributed by atoms with Crippen molar-refractivity contribution in [2.45, 2.75) is 45.4 Å². The number of hydrogen-bond donors (Lipinski definition) is 0. The smallest absolute Gasteiger partial charge is 0.410 e. The molecule has 0 N–H and O–H groups in total. The maximum Gasteiger partial charge on any atom is 0.410 e. The normalized spacial score (nSPS) is 15.7. The monoisotopic (exact) mass is 499 g/mol. The quantitative estimate of drug-likeness (QED) is 0.417. The van der Waals surface area contributed by atoms with E-state index in [4.69, 9.17) is 18.9 Å². The van der Waals surface area contributed by atoms with Crippen LogP contribution in [0.2, 0.25) is 0 Å². The Bertz CT molecular complexity index is 1040. The van der Waals surface area contributed by atoms with E-state index >= 15 is 0 Å². The van der Waals surface area contributed by atoms with Crippen LogP contribution in [0.3, 0.4) is 0 Å². The van der Waals surface area contributed by atoms with Gasteiger partial charge in [-0.05, 0) is 38.5 Å². The van der Waals surface area contributed by atoms with Crippen LogP contribution < -0.4 is 4.74 Å². The molecule has 2 heterocycles. The van der Waals surface area contributed by atoms with Gasteiger partial charge in [0.05, 0.1) is 19.8 Å². The summed E-state index contributed by atoms with van der Waals surface area (Å²) in [7, 11) is 1.27. The van der Waals surface area contributed by atoms with Crippen molar-refractivity contribution in [1.82, 2.24) is 14.8 Å². The molecule has 0 saturated carbocycles. The van der Waals surface area contributed by atoms with Crippen LogP contribution in [-0.2, 0) is 20.8 Å². The third kappa shape index (κ3) is 7.59. The highest BCUT2D eigenvalue weighted by atomic mass is 16.6. The molecule has 2 amide bonds. The second kappa shape index (κ2) is 12.2. The SMILES string of the molecule is COC(=O)c1ncccc1OCC[C@@H]1CN(C(=O)OCc2ccccc2)CCN1C(=O)OC(C)(C)C. The summed E-state index contributed by atoms with van der Waals surface area (Å²) in [4.78, 5) is 44.8. The summed E-state index contributed by atoms with van der Waals surface area (Å²) in [6.07, 6.45) is 0.955. The summed E-state index contributed by atoms with van der Waals surface area (Å²) < 4.78 is 21.6. The highest BCUT2D eigenvalue weighted by molar-refractivity contribution is 5.90. The maximum absolute atomic E-state index is 12.9. The Morgan fingerprint density at radius 2 is 1.78 bits per heavy atom. The molecule has 10 nitrogen and oxygen atoms in total. The minimum absolute atomic E-state index is 0.0683. The first kappa shape index (κ1) is 26.8. The van der Waals surface area contributed by atoms with Crippen molar-refractivity contribution in [3.63, 3.8) is 0 Å². The van der Waals surface area contributed by atoms with Crippen molar-refractivity contribution in [3.8, 4) is 5.75 Å². The Morgan fingerprint density at radius 1 is 1.03 bits per heavy atom. The number of esters is 1. The van der Waals surface area contributed by atoms with Gasteiger partial charge < -0.3 is 28.7 Å². The zero-order chi connectivity index (χ0) is 26.1. The molecule has 0 radical (unpaired) electrons. The van der Waals surface area contributed by atoms with Crippen LogP contribution >= 0.6 is 0 Å². The molecule has 0 unspecified atom stereocenters. The van der Waals surface area contributed by atoms with Gasteiger partial charge in [-0.3, -0.25) is 0 Å². The number of amides is 2. The number of rotatable bonds is 7. The molecule has 0 aliphatic carbocycles. The van der Waals surface area contributed by atoms with Crippen LogP contribution in [0.4, 0.5) is 9.59 Å². The van der Waals surface area contributed by atoms with Crippen molar-refractivity contribution in [1.29, 1.82) is 0 Å². The molecule has 1 fully saturated rings. The fourth-order valence-electron chi connectivity index (χ4n) is 3.70. The van der Waals surface area contributed by atoms with Gasteiger partial charge >= 0.3 is 18.2 Å². The van der Waals surface area contributed by atoms with E-state index in [9.17, 15) is 14.4 Å². The van der Waals surface area contributed by atoms with Crippen LogP contribution in [0.1, 0.15) is 43.2 Å². The third-order valence-corrected chi connectivity index (χ3v) is 5.43. The molecule has 0 bridgehead atoms. The Morgan fingerprint density at radius 3 is 2.47 bits per heavy atom. The summed E-state index contributed by atoms with van der Waals surface area (Å²) in [5.74, 6) is -0.325. The number of ether oxygens (including phenoxy) is 4. The van der Waals surface area contributed by atoms with Gasteiger partial charge in [-0.25, -0.2) is 19.4 Å². The summed E-state index contributed by atoms with van der Waals surface area (Å²) in [5, 5.41) is 0. The van der Waals surface area contributed by atoms with Gasteiger partial charge in [0.2, 0.25) is 0 Å². The molecule has 2 aromatic rings. The zero-order valence-corrected chi connectivity index (χ0v) is 21.1. The predicted octanol–water partition coefficient (Wildman–Crippen LogP) is 3.90. The summed E-state index contributed by atoms with van der Waals surface area (Å²) in [6.45, 7) is 6.61. The zero-order valence-electron chi connectivity index (χ0n) is 21.1. The fourth-order valence-corrected chi connectivity index (χ4v) is 3.70. The van der Waals surface area contributed by atoms with E-state index in [-0.39, 0.29) is 37.2 Å². The van der Waals surface area contributed by atoms with Gasteiger partial charge in [-0.2, -0.15) is 0 Å². The van der Waals surface area contributed by atoms with Gasteiger partial charge in [0.1, 0.15) is 12.2 Å². The van der Waals surface area contributed by atoms with E-state index in [0.29, 0.717) is 19.5 Å². The Labute approximate surface area is 211 Å². The molecule has 1 aromatic carbocycles. The topological polar surface area (TPSA) is 108 Å². The molecule has 1 aliphatic rings. The van der Waals surface area contributed by atoms with E-state index < -0.39 is 23.8 Å². The largest absolute Gasteiger partial charge is 0.491 e. The lowest BCUT2D eigenvalue weighted by Crippen LogP contribution is -2.57. The summed E-state index contributed by atoms with van der Waals surface area (Å²) in [6, 6.07) is 12.3. The Kier molecular flexibility index (Phi) is 9.10. The number of pyridine rings is 1. The number of aromatic nitrogens is 1. The number of carbonyl (C=O) groups is 3. The molecule has 1 saturated heterocycles. The number of nitrogens with zero attached hydrogens (tertiary/aromatic N) is 3. The first-order valence-electron chi connectivity index (χ1n) is 11.8. The molecule has 36 heavy (non-hydrogen) atoms. The van der Waals surface area contributed by atoms with Crippen LogP contribution in [-0.4, -0.2) is 77.9 Å².